The van der Waals surface area contributed by atoms with Gasteiger partial charge in [0.05, 0.1) is 12.8 Å². The summed E-state index contributed by atoms with van der Waals surface area (Å²) in [6.07, 6.45) is -0.0504. The maximum Gasteiger partial charge on any atom is 0.243 e. The molecule has 8 nitrogen and oxygen atoms in total. The second kappa shape index (κ2) is 11.2. The molecular formula is C25H30N4O4S. The van der Waals surface area contributed by atoms with Crippen molar-refractivity contribution in [2.75, 3.05) is 19.0 Å². The molecule has 9 heteroatoms. The van der Waals surface area contributed by atoms with E-state index >= 15 is 0 Å². The number of aryl methyl sites for hydroxylation is 2. The van der Waals surface area contributed by atoms with Crippen LogP contribution in [0.25, 0.3) is 0 Å². The van der Waals surface area contributed by atoms with Crippen LogP contribution in [0.3, 0.4) is 0 Å². The summed E-state index contributed by atoms with van der Waals surface area (Å²) < 4.78 is 5.19. The van der Waals surface area contributed by atoms with Crippen LogP contribution in [-0.4, -0.2) is 52.7 Å². The number of carbonyl (C=O) groups excluding carboxylic acids is 3. The molecule has 1 saturated heterocycles. The first kappa shape index (κ1) is 25.3. The van der Waals surface area contributed by atoms with Crippen molar-refractivity contribution in [3.8, 4) is 5.75 Å². The van der Waals surface area contributed by atoms with Crippen molar-refractivity contribution >= 4 is 46.0 Å². The summed E-state index contributed by atoms with van der Waals surface area (Å²) in [5, 5.41) is 5.29. The molecule has 0 aliphatic carbocycles. The molecule has 1 aliphatic rings. The predicted molar refractivity (Wildman–Crippen MR) is 136 cm³/mol. The summed E-state index contributed by atoms with van der Waals surface area (Å²) in [6, 6.07) is 12.1. The number of amidine groups is 1. The first-order valence-corrected chi connectivity index (χ1v) is 12.0. The van der Waals surface area contributed by atoms with Crippen LogP contribution in [0.5, 0.6) is 5.75 Å². The Hall–Kier alpha value is -3.33. The second-order valence-electron chi connectivity index (χ2n) is 8.11. The van der Waals surface area contributed by atoms with E-state index in [1.807, 2.05) is 39.0 Å². The predicted octanol–water partition coefficient (Wildman–Crippen LogP) is 3.80. The molecule has 2 atom stereocenters. The second-order valence-corrected chi connectivity index (χ2v) is 9.28. The summed E-state index contributed by atoms with van der Waals surface area (Å²) in [4.78, 5) is 44.7. The van der Waals surface area contributed by atoms with E-state index in [-0.39, 0.29) is 24.1 Å². The molecular weight excluding hydrogens is 452 g/mol. The number of rotatable bonds is 8. The molecule has 2 N–H and O–H groups in total. The molecule has 1 aliphatic heterocycles. The van der Waals surface area contributed by atoms with Crippen molar-refractivity contribution in [1.29, 1.82) is 0 Å². The molecule has 2 aromatic carbocycles. The zero-order chi connectivity index (χ0) is 24.8. The van der Waals surface area contributed by atoms with Gasteiger partial charge in [-0.05, 0) is 63.1 Å². The monoisotopic (exact) mass is 482 g/mol. The van der Waals surface area contributed by atoms with E-state index < -0.39 is 11.3 Å². The van der Waals surface area contributed by atoms with Gasteiger partial charge in [-0.25, -0.2) is 4.99 Å². The Bertz CT molecular complexity index is 1100. The maximum atomic E-state index is 13.3. The van der Waals surface area contributed by atoms with Crippen LogP contribution in [0.4, 0.5) is 11.4 Å². The highest BCUT2D eigenvalue weighted by Crippen LogP contribution is 2.34. The molecule has 0 radical (unpaired) electrons. The number of aliphatic imine (C=N–C) groups is 1. The molecule has 1 heterocycles. The minimum atomic E-state index is -0.754. The summed E-state index contributed by atoms with van der Waals surface area (Å²) >= 11 is 1.20. The van der Waals surface area contributed by atoms with Crippen molar-refractivity contribution in [3.05, 3.63) is 53.6 Å². The van der Waals surface area contributed by atoms with Gasteiger partial charge in [-0.2, -0.15) is 0 Å². The molecule has 34 heavy (non-hydrogen) atoms. The van der Waals surface area contributed by atoms with E-state index in [2.05, 4.69) is 10.6 Å². The lowest BCUT2D eigenvalue weighted by Crippen LogP contribution is -2.48. The van der Waals surface area contributed by atoms with Crippen LogP contribution in [-0.2, 0) is 14.4 Å². The van der Waals surface area contributed by atoms with Crippen LogP contribution < -0.4 is 15.4 Å². The Kier molecular flexibility index (Phi) is 8.33. The lowest BCUT2D eigenvalue weighted by molar-refractivity contribution is -0.135. The van der Waals surface area contributed by atoms with Crippen molar-refractivity contribution < 1.29 is 19.1 Å². The van der Waals surface area contributed by atoms with Crippen LogP contribution in [0, 0.1) is 13.8 Å². The van der Waals surface area contributed by atoms with Gasteiger partial charge in [0.15, 0.2) is 5.17 Å². The standard InChI is InChI=1S/C25H30N4O4S/c1-6-26-23(31)17(4)29-24(32)21(14-22(30)27-18-8-7-9-20(13-18)33-5)34-25(29)28-19-11-15(2)10-16(3)12-19/h7-13,17,21H,6,14H2,1-5H3,(H,26,31)(H,27,30). The number of ether oxygens (including phenoxy) is 1. The van der Waals surface area contributed by atoms with Crippen molar-refractivity contribution in [2.24, 2.45) is 4.99 Å². The number of benzene rings is 2. The van der Waals surface area contributed by atoms with Crippen molar-refractivity contribution in [1.82, 2.24) is 10.2 Å². The van der Waals surface area contributed by atoms with Gasteiger partial charge >= 0.3 is 0 Å². The average molecular weight is 483 g/mol. The Balaban J connectivity index is 1.84. The zero-order valence-electron chi connectivity index (χ0n) is 20.0. The molecule has 2 aromatic rings. The molecule has 0 saturated carbocycles. The van der Waals surface area contributed by atoms with Crippen LogP contribution >= 0.6 is 11.8 Å². The number of nitrogens with one attached hydrogen (secondary N) is 2. The smallest absolute Gasteiger partial charge is 0.243 e. The lowest BCUT2D eigenvalue weighted by atomic mass is 10.1. The maximum absolute atomic E-state index is 13.3. The van der Waals surface area contributed by atoms with E-state index in [1.165, 1.54) is 16.7 Å². The molecule has 3 rings (SSSR count). The number of hydrogen-bond donors (Lipinski definition) is 2. The highest BCUT2D eigenvalue weighted by Gasteiger charge is 2.43. The third kappa shape index (κ3) is 6.17. The number of methoxy groups -OCH3 is 1. The summed E-state index contributed by atoms with van der Waals surface area (Å²) in [7, 11) is 1.55. The SMILES string of the molecule is CCNC(=O)C(C)N1C(=O)C(CC(=O)Nc2cccc(OC)c2)SC1=Nc1cc(C)cc(C)c1. The van der Waals surface area contributed by atoms with Gasteiger partial charge in [0.1, 0.15) is 17.0 Å². The lowest BCUT2D eigenvalue weighted by Gasteiger charge is -2.23. The average Bonchev–Trinajstić information content (AvgIpc) is 3.06. The van der Waals surface area contributed by atoms with Gasteiger partial charge in [-0.15, -0.1) is 0 Å². The van der Waals surface area contributed by atoms with Gasteiger partial charge in [-0.1, -0.05) is 23.9 Å². The Morgan fingerprint density at radius 3 is 2.53 bits per heavy atom. The Morgan fingerprint density at radius 2 is 1.88 bits per heavy atom. The first-order chi connectivity index (χ1) is 16.2. The van der Waals surface area contributed by atoms with Gasteiger partial charge in [0.2, 0.25) is 17.7 Å². The third-order valence-electron chi connectivity index (χ3n) is 5.24. The number of likely N-dealkylation sites (N-methyl/N-ethyl adjacent to an activating group) is 1. The van der Waals surface area contributed by atoms with E-state index in [0.717, 1.165) is 11.1 Å². The van der Waals surface area contributed by atoms with Crippen LogP contribution in [0.15, 0.2) is 47.5 Å². The number of carbonyl (C=O) groups is 3. The van der Waals surface area contributed by atoms with Gasteiger partial charge in [0, 0.05) is 24.7 Å². The normalized spacial score (nSPS) is 17.6. The Morgan fingerprint density at radius 1 is 1.18 bits per heavy atom. The number of thioether (sulfide) groups is 1. The van der Waals surface area contributed by atoms with Crippen LogP contribution in [0.2, 0.25) is 0 Å². The number of nitrogens with zero attached hydrogens (tertiary/aromatic N) is 2. The molecule has 0 bridgehead atoms. The molecule has 0 spiro atoms. The molecule has 3 amide bonds. The minimum absolute atomic E-state index is 0.0504. The van der Waals surface area contributed by atoms with Crippen molar-refractivity contribution in [2.45, 2.75) is 45.4 Å². The highest BCUT2D eigenvalue weighted by atomic mass is 32.2. The fourth-order valence-electron chi connectivity index (χ4n) is 3.70. The molecule has 180 valence electrons. The van der Waals surface area contributed by atoms with Gasteiger partial charge in [0.25, 0.3) is 0 Å². The van der Waals surface area contributed by atoms with Crippen LogP contribution in [0.1, 0.15) is 31.4 Å². The quantitative estimate of drug-likeness (QED) is 0.596. The van der Waals surface area contributed by atoms with E-state index in [4.69, 9.17) is 9.73 Å². The topological polar surface area (TPSA) is 100 Å². The van der Waals surface area contributed by atoms with E-state index in [0.29, 0.717) is 28.8 Å². The first-order valence-electron chi connectivity index (χ1n) is 11.1. The number of hydrogen-bond acceptors (Lipinski definition) is 6. The van der Waals surface area contributed by atoms with Gasteiger partial charge in [-0.3, -0.25) is 19.3 Å². The fraction of sp³-hybridized carbons (Fsp3) is 0.360. The summed E-state index contributed by atoms with van der Waals surface area (Å²) in [5.41, 5.74) is 3.37. The molecule has 1 fully saturated rings. The molecule has 2 unspecified atom stereocenters. The van der Waals surface area contributed by atoms with E-state index in [9.17, 15) is 14.4 Å². The largest absolute Gasteiger partial charge is 0.497 e. The van der Waals surface area contributed by atoms with Crippen molar-refractivity contribution in [3.63, 3.8) is 0 Å². The third-order valence-corrected chi connectivity index (χ3v) is 6.39. The minimum Gasteiger partial charge on any atom is -0.497 e. The Labute approximate surface area is 204 Å². The number of anilines is 1. The fourth-order valence-corrected chi connectivity index (χ4v) is 4.92. The highest BCUT2D eigenvalue weighted by molar-refractivity contribution is 8.15. The number of amides is 3. The molecule has 0 aromatic heterocycles. The van der Waals surface area contributed by atoms with E-state index in [1.54, 1.807) is 38.3 Å². The summed E-state index contributed by atoms with van der Waals surface area (Å²) in [6.45, 7) is 7.89. The van der Waals surface area contributed by atoms with Gasteiger partial charge < -0.3 is 15.4 Å². The summed E-state index contributed by atoms with van der Waals surface area (Å²) in [5.74, 6) is -0.273. The zero-order valence-corrected chi connectivity index (χ0v) is 20.9.